The summed E-state index contributed by atoms with van der Waals surface area (Å²) in [6.45, 7) is 0.794. The second-order valence-electron chi connectivity index (χ2n) is 2.00. The van der Waals surface area contributed by atoms with E-state index in [9.17, 15) is 4.39 Å². The molecule has 0 spiro atoms. The molecule has 2 unspecified atom stereocenters. The molecular weight excluding hydrogens is 109 g/mol. The van der Waals surface area contributed by atoms with Crippen molar-refractivity contribution >= 4 is 0 Å². The molecule has 1 radical (unpaired) electrons. The Labute approximate surface area is 47.7 Å². The molecule has 0 aromatic rings. The first kappa shape index (κ1) is 5.98. The Morgan fingerprint density at radius 1 is 1.62 bits per heavy atom. The maximum absolute atomic E-state index is 12.2. The van der Waals surface area contributed by atoms with Gasteiger partial charge in [0.1, 0.15) is 6.17 Å². The molecular formula is C5H9FNO. The number of nitrogens with zero attached hydrogens (tertiary/aromatic N) is 1. The summed E-state index contributed by atoms with van der Waals surface area (Å²) in [6, 6.07) is 0. The standard InChI is InChI=1S/C5H9FNO/c6-4-3-7-2-1-5(4)8/h4-5,8H,1-3H2. The predicted octanol–water partition coefficient (Wildman–Crippen LogP) is -0.307. The quantitative estimate of drug-likeness (QED) is 0.465. The van der Waals surface area contributed by atoms with Gasteiger partial charge in [0.2, 0.25) is 0 Å². The Hall–Kier alpha value is -0.150. The molecule has 1 fully saturated rings. The lowest BCUT2D eigenvalue weighted by Gasteiger charge is -2.19. The second-order valence-corrected chi connectivity index (χ2v) is 2.00. The Balaban J connectivity index is 2.28. The summed E-state index contributed by atoms with van der Waals surface area (Å²) in [7, 11) is 0. The van der Waals surface area contributed by atoms with E-state index in [4.69, 9.17) is 5.11 Å². The Morgan fingerprint density at radius 2 is 2.38 bits per heavy atom. The summed E-state index contributed by atoms with van der Waals surface area (Å²) in [6.07, 6.45) is -1.38. The Bertz CT molecular complexity index is 68.8. The Morgan fingerprint density at radius 3 is 2.75 bits per heavy atom. The maximum Gasteiger partial charge on any atom is 0.140 e. The molecule has 1 saturated heterocycles. The first-order valence-corrected chi connectivity index (χ1v) is 2.76. The zero-order valence-electron chi connectivity index (χ0n) is 4.55. The van der Waals surface area contributed by atoms with Crippen LogP contribution in [0, 0.1) is 0 Å². The van der Waals surface area contributed by atoms with Crippen molar-refractivity contribution in [1.82, 2.24) is 5.32 Å². The molecule has 1 N–H and O–H groups in total. The van der Waals surface area contributed by atoms with Gasteiger partial charge < -0.3 is 5.11 Å². The van der Waals surface area contributed by atoms with Gasteiger partial charge in [-0.15, -0.1) is 0 Å². The molecule has 8 heavy (non-hydrogen) atoms. The van der Waals surface area contributed by atoms with Gasteiger partial charge >= 0.3 is 0 Å². The summed E-state index contributed by atoms with van der Waals surface area (Å²) in [4.78, 5) is 0. The fraction of sp³-hybridized carbons (Fsp3) is 1.00. The van der Waals surface area contributed by atoms with E-state index in [0.717, 1.165) is 0 Å². The van der Waals surface area contributed by atoms with Gasteiger partial charge in [-0.05, 0) is 6.42 Å². The summed E-state index contributed by atoms with van der Waals surface area (Å²) >= 11 is 0. The van der Waals surface area contributed by atoms with E-state index >= 15 is 0 Å². The molecule has 47 valence electrons. The van der Waals surface area contributed by atoms with Crippen LogP contribution in [-0.2, 0) is 0 Å². The summed E-state index contributed by atoms with van der Waals surface area (Å²) < 4.78 is 12.2. The van der Waals surface area contributed by atoms with Crippen LogP contribution in [-0.4, -0.2) is 30.5 Å². The fourth-order valence-electron chi connectivity index (χ4n) is 0.741. The van der Waals surface area contributed by atoms with Crippen molar-refractivity contribution < 1.29 is 9.50 Å². The van der Waals surface area contributed by atoms with E-state index < -0.39 is 12.3 Å². The summed E-state index contributed by atoms with van der Waals surface area (Å²) in [5.41, 5.74) is 0. The summed E-state index contributed by atoms with van der Waals surface area (Å²) in [5, 5.41) is 12.5. The van der Waals surface area contributed by atoms with Crippen LogP contribution in [0.25, 0.3) is 0 Å². The van der Waals surface area contributed by atoms with E-state index in [1.165, 1.54) is 0 Å². The second kappa shape index (κ2) is 2.42. The topological polar surface area (TPSA) is 34.3 Å². The van der Waals surface area contributed by atoms with Crippen molar-refractivity contribution in [3.63, 3.8) is 0 Å². The van der Waals surface area contributed by atoms with Gasteiger partial charge in [0.05, 0.1) is 6.10 Å². The third-order valence-electron chi connectivity index (χ3n) is 1.30. The first-order valence-electron chi connectivity index (χ1n) is 2.76. The monoisotopic (exact) mass is 118 g/mol. The lowest BCUT2D eigenvalue weighted by Crippen LogP contribution is -2.37. The van der Waals surface area contributed by atoms with Crippen LogP contribution in [0.4, 0.5) is 4.39 Å². The minimum absolute atomic E-state index is 0.182. The van der Waals surface area contributed by atoms with Crippen LogP contribution in [0.1, 0.15) is 6.42 Å². The number of piperidine rings is 1. The van der Waals surface area contributed by atoms with E-state index in [1.807, 2.05) is 0 Å². The number of alkyl halides is 1. The largest absolute Gasteiger partial charge is 0.390 e. The number of hydrogen-bond donors (Lipinski definition) is 1. The predicted molar refractivity (Wildman–Crippen MR) is 27.4 cm³/mol. The van der Waals surface area contributed by atoms with Crippen LogP contribution in [0.15, 0.2) is 0 Å². The molecule has 0 aromatic carbocycles. The third kappa shape index (κ3) is 1.17. The SMILES string of the molecule is OC1CC[N]CC1F. The molecule has 0 saturated carbocycles. The molecule has 3 heteroatoms. The van der Waals surface area contributed by atoms with E-state index in [0.29, 0.717) is 13.0 Å². The number of rotatable bonds is 0. The normalized spacial score (nSPS) is 39.8. The number of aliphatic hydroxyl groups is 1. The molecule has 0 aliphatic carbocycles. The van der Waals surface area contributed by atoms with Crippen molar-refractivity contribution in [2.75, 3.05) is 13.1 Å². The average molecular weight is 118 g/mol. The highest BCUT2D eigenvalue weighted by atomic mass is 19.1. The molecule has 0 amide bonds. The lowest BCUT2D eigenvalue weighted by atomic mass is 10.1. The lowest BCUT2D eigenvalue weighted by molar-refractivity contribution is 0.0520. The smallest absolute Gasteiger partial charge is 0.140 e. The first-order chi connectivity index (χ1) is 3.80. The van der Waals surface area contributed by atoms with Gasteiger partial charge in [0.15, 0.2) is 0 Å². The molecule has 0 aromatic heterocycles. The van der Waals surface area contributed by atoms with E-state index in [-0.39, 0.29) is 6.54 Å². The molecule has 1 aliphatic heterocycles. The van der Waals surface area contributed by atoms with Crippen molar-refractivity contribution in [2.45, 2.75) is 18.7 Å². The van der Waals surface area contributed by atoms with Gasteiger partial charge in [0.25, 0.3) is 0 Å². The Kier molecular flexibility index (Phi) is 1.81. The van der Waals surface area contributed by atoms with Crippen molar-refractivity contribution in [2.24, 2.45) is 0 Å². The van der Waals surface area contributed by atoms with Gasteiger partial charge in [-0.3, -0.25) is 0 Å². The van der Waals surface area contributed by atoms with Crippen LogP contribution in [0.3, 0.4) is 0 Å². The van der Waals surface area contributed by atoms with Gasteiger partial charge in [-0.1, -0.05) is 0 Å². The van der Waals surface area contributed by atoms with Crippen LogP contribution in [0.2, 0.25) is 0 Å². The highest BCUT2D eigenvalue weighted by molar-refractivity contribution is 4.75. The van der Waals surface area contributed by atoms with E-state index in [1.54, 1.807) is 0 Å². The maximum atomic E-state index is 12.2. The number of halogens is 1. The summed E-state index contributed by atoms with van der Waals surface area (Å²) in [5.74, 6) is 0. The van der Waals surface area contributed by atoms with Gasteiger partial charge in [0, 0.05) is 13.1 Å². The van der Waals surface area contributed by atoms with Gasteiger partial charge in [-0.2, -0.15) is 0 Å². The molecule has 1 heterocycles. The number of aliphatic hydroxyl groups excluding tert-OH is 1. The van der Waals surface area contributed by atoms with Gasteiger partial charge in [-0.25, -0.2) is 9.71 Å². The third-order valence-corrected chi connectivity index (χ3v) is 1.30. The zero-order chi connectivity index (χ0) is 5.98. The van der Waals surface area contributed by atoms with Crippen LogP contribution < -0.4 is 5.32 Å². The molecule has 0 bridgehead atoms. The van der Waals surface area contributed by atoms with Crippen molar-refractivity contribution in [1.29, 1.82) is 0 Å². The number of hydrogen-bond acceptors (Lipinski definition) is 1. The van der Waals surface area contributed by atoms with Crippen LogP contribution >= 0.6 is 0 Å². The molecule has 2 atom stereocenters. The van der Waals surface area contributed by atoms with E-state index in [2.05, 4.69) is 5.32 Å². The van der Waals surface area contributed by atoms with Crippen LogP contribution in [0.5, 0.6) is 0 Å². The highest BCUT2D eigenvalue weighted by Gasteiger charge is 2.21. The fourth-order valence-corrected chi connectivity index (χ4v) is 0.741. The van der Waals surface area contributed by atoms with Crippen molar-refractivity contribution in [3.05, 3.63) is 0 Å². The molecule has 2 nitrogen and oxygen atoms in total. The average Bonchev–Trinajstić information content (AvgIpc) is 1.77. The molecule has 1 aliphatic rings. The zero-order valence-corrected chi connectivity index (χ0v) is 4.55. The minimum Gasteiger partial charge on any atom is -0.390 e. The molecule has 1 rings (SSSR count). The highest BCUT2D eigenvalue weighted by Crippen LogP contribution is 2.06. The van der Waals surface area contributed by atoms with Crippen molar-refractivity contribution in [3.8, 4) is 0 Å². The minimum atomic E-state index is -1.11.